The first-order valence-electron chi connectivity index (χ1n) is 5.12. The summed E-state index contributed by atoms with van der Waals surface area (Å²) in [4.78, 5) is 13.1. The van der Waals surface area contributed by atoms with Crippen molar-refractivity contribution < 1.29 is 9.53 Å². The standard InChI is InChI=1S/C11H9Cl4NO2/c12-8-3-1-7(2-4-8)9-5-16(9)10(17)18-6-11(13,14)15/h1-4,9H,5-6H2. The average Bonchev–Trinajstić information content (AvgIpc) is 3.06. The second-order valence-corrected chi connectivity index (χ2v) is 6.84. The zero-order chi connectivity index (χ0) is 13.3. The van der Waals surface area contributed by atoms with Crippen LogP contribution in [0.3, 0.4) is 0 Å². The fraction of sp³-hybridized carbons (Fsp3) is 0.364. The third-order valence-electron chi connectivity index (χ3n) is 2.46. The molecule has 1 saturated heterocycles. The van der Waals surface area contributed by atoms with Gasteiger partial charge in [-0.25, -0.2) is 4.79 Å². The minimum atomic E-state index is -1.58. The van der Waals surface area contributed by atoms with E-state index in [4.69, 9.17) is 51.1 Å². The normalized spacial score (nSPS) is 18.7. The Morgan fingerprint density at radius 1 is 1.33 bits per heavy atom. The summed E-state index contributed by atoms with van der Waals surface area (Å²) in [6.45, 7) is 0.334. The number of ether oxygens (including phenoxy) is 1. The molecule has 1 fully saturated rings. The average molecular weight is 329 g/mol. The van der Waals surface area contributed by atoms with Crippen molar-refractivity contribution in [3.05, 3.63) is 34.9 Å². The molecule has 1 atom stereocenters. The van der Waals surface area contributed by atoms with Gasteiger partial charge in [0.1, 0.15) is 6.61 Å². The van der Waals surface area contributed by atoms with Gasteiger partial charge in [0.05, 0.1) is 6.04 Å². The van der Waals surface area contributed by atoms with Gasteiger partial charge in [-0.3, -0.25) is 4.90 Å². The lowest BCUT2D eigenvalue weighted by molar-refractivity contribution is 0.131. The first kappa shape index (κ1) is 14.1. The summed E-state index contributed by atoms with van der Waals surface area (Å²) >= 11 is 22.3. The highest BCUT2D eigenvalue weighted by Gasteiger charge is 2.41. The number of alkyl halides is 3. The number of hydrogen-bond donors (Lipinski definition) is 0. The van der Waals surface area contributed by atoms with Crippen molar-refractivity contribution in [3.8, 4) is 0 Å². The number of nitrogens with zero attached hydrogens (tertiary/aromatic N) is 1. The predicted octanol–water partition coefficient (Wildman–Crippen LogP) is 4.20. The van der Waals surface area contributed by atoms with Crippen LogP contribution in [0.15, 0.2) is 24.3 Å². The molecular weight excluding hydrogens is 320 g/mol. The number of halogens is 4. The van der Waals surface area contributed by atoms with Crippen LogP contribution in [0.4, 0.5) is 4.79 Å². The molecule has 1 aliphatic rings. The highest BCUT2D eigenvalue weighted by molar-refractivity contribution is 6.67. The van der Waals surface area contributed by atoms with Crippen molar-refractivity contribution in [2.45, 2.75) is 9.83 Å². The second kappa shape index (κ2) is 5.33. The summed E-state index contributed by atoms with van der Waals surface area (Å²) in [5.74, 6) is 0. The molecule has 0 radical (unpaired) electrons. The van der Waals surface area contributed by atoms with Crippen LogP contribution >= 0.6 is 46.4 Å². The van der Waals surface area contributed by atoms with Gasteiger partial charge in [0, 0.05) is 11.6 Å². The highest BCUT2D eigenvalue weighted by atomic mass is 35.6. The van der Waals surface area contributed by atoms with Gasteiger partial charge < -0.3 is 4.74 Å². The maximum absolute atomic E-state index is 11.6. The third kappa shape index (κ3) is 3.82. The second-order valence-electron chi connectivity index (χ2n) is 3.89. The van der Waals surface area contributed by atoms with E-state index in [-0.39, 0.29) is 12.6 Å². The van der Waals surface area contributed by atoms with Gasteiger partial charge in [-0.2, -0.15) is 0 Å². The Kier molecular flexibility index (Phi) is 4.17. The van der Waals surface area contributed by atoms with E-state index in [0.717, 1.165) is 5.56 Å². The molecule has 0 aliphatic carbocycles. The molecule has 1 aromatic carbocycles. The van der Waals surface area contributed by atoms with Gasteiger partial charge in [0.2, 0.25) is 3.79 Å². The molecule has 18 heavy (non-hydrogen) atoms. The molecule has 0 N–H and O–H groups in total. The Labute approximate surface area is 124 Å². The van der Waals surface area contributed by atoms with Crippen LogP contribution in [0.2, 0.25) is 5.02 Å². The topological polar surface area (TPSA) is 29.3 Å². The maximum Gasteiger partial charge on any atom is 0.410 e. The molecule has 1 unspecified atom stereocenters. The van der Waals surface area contributed by atoms with Crippen molar-refractivity contribution >= 4 is 52.5 Å². The van der Waals surface area contributed by atoms with E-state index in [0.29, 0.717) is 11.6 Å². The lowest BCUT2D eigenvalue weighted by Crippen LogP contribution is -2.21. The molecule has 1 aromatic rings. The van der Waals surface area contributed by atoms with Crippen molar-refractivity contribution in [1.29, 1.82) is 0 Å². The molecule has 7 heteroatoms. The Bertz CT molecular complexity index is 443. The van der Waals surface area contributed by atoms with Crippen LogP contribution in [0.5, 0.6) is 0 Å². The van der Waals surface area contributed by atoms with Crippen molar-refractivity contribution in [2.24, 2.45) is 0 Å². The molecule has 1 aliphatic heterocycles. The summed E-state index contributed by atoms with van der Waals surface area (Å²) in [5.41, 5.74) is 1.00. The first-order valence-corrected chi connectivity index (χ1v) is 6.63. The zero-order valence-electron chi connectivity index (χ0n) is 9.08. The Hall–Kier alpha value is -0.350. The lowest BCUT2D eigenvalue weighted by Gasteiger charge is -2.12. The summed E-state index contributed by atoms with van der Waals surface area (Å²) in [6, 6.07) is 7.31. The SMILES string of the molecule is O=C(OCC(Cl)(Cl)Cl)N1CC1c1ccc(Cl)cc1. The number of carbonyl (C=O) groups excluding carboxylic acids is 1. The molecule has 1 amide bonds. The predicted molar refractivity (Wildman–Crippen MR) is 72.5 cm³/mol. The van der Waals surface area contributed by atoms with Gasteiger partial charge in [0.15, 0.2) is 0 Å². The molecule has 98 valence electrons. The highest BCUT2D eigenvalue weighted by Crippen LogP contribution is 2.36. The molecule has 0 aromatic heterocycles. The van der Waals surface area contributed by atoms with E-state index < -0.39 is 9.89 Å². The molecule has 2 rings (SSSR count). The monoisotopic (exact) mass is 327 g/mol. The van der Waals surface area contributed by atoms with E-state index in [1.807, 2.05) is 12.1 Å². The lowest BCUT2D eigenvalue weighted by atomic mass is 10.2. The fourth-order valence-electron chi connectivity index (χ4n) is 1.54. The minimum absolute atomic E-state index is 0.0187. The summed E-state index contributed by atoms with van der Waals surface area (Å²) in [7, 11) is 0. The number of benzene rings is 1. The van der Waals surface area contributed by atoms with Gasteiger partial charge in [0.25, 0.3) is 0 Å². The summed E-state index contributed by atoms with van der Waals surface area (Å²) < 4.78 is 3.29. The molecule has 0 bridgehead atoms. The van der Waals surface area contributed by atoms with Crippen LogP contribution in [0, 0.1) is 0 Å². The summed E-state index contributed by atoms with van der Waals surface area (Å²) in [5, 5.41) is 0.657. The number of rotatable bonds is 2. The van der Waals surface area contributed by atoms with Crippen molar-refractivity contribution in [3.63, 3.8) is 0 Å². The van der Waals surface area contributed by atoms with E-state index in [9.17, 15) is 4.79 Å². The zero-order valence-corrected chi connectivity index (χ0v) is 12.1. The number of amides is 1. The number of carbonyl (C=O) groups is 1. The van der Waals surface area contributed by atoms with Crippen LogP contribution in [0.1, 0.15) is 11.6 Å². The van der Waals surface area contributed by atoms with Gasteiger partial charge in [-0.05, 0) is 17.7 Å². The van der Waals surface area contributed by atoms with Crippen LogP contribution < -0.4 is 0 Å². The third-order valence-corrected chi connectivity index (χ3v) is 3.04. The quantitative estimate of drug-likeness (QED) is 0.601. The smallest absolute Gasteiger partial charge is 0.410 e. The van der Waals surface area contributed by atoms with E-state index in [2.05, 4.69) is 0 Å². The van der Waals surface area contributed by atoms with E-state index >= 15 is 0 Å². The molecule has 3 nitrogen and oxygen atoms in total. The van der Waals surface area contributed by atoms with Crippen LogP contribution in [-0.2, 0) is 4.74 Å². The molecule has 0 saturated carbocycles. The maximum atomic E-state index is 11.6. The van der Waals surface area contributed by atoms with Gasteiger partial charge >= 0.3 is 6.09 Å². The van der Waals surface area contributed by atoms with Crippen LogP contribution in [-0.4, -0.2) is 27.9 Å². The largest absolute Gasteiger partial charge is 0.445 e. The van der Waals surface area contributed by atoms with E-state index in [1.54, 1.807) is 17.0 Å². The molecule has 0 spiro atoms. The first-order chi connectivity index (χ1) is 8.37. The van der Waals surface area contributed by atoms with Crippen LogP contribution in [0.25, 0.3) is 0 Å². The summed E-state index contributed by atoms with van der Waals surface area (Å²) in [6.07, 6.45) is -0.485. The molecular formula is C11H9Cl4NO2. The van der Waals surface area contributed by atoms with Gasteiger partial charge in [-0.1, -0.05) is 58.5 Å². The number of hydrogen-bond acceptors (Lipinski definition) is 2. The minimum Gasteiger partial charge on any atom is -0.445 e. The Morgan fingerprint density at radius 3 is 2.50 bits per heavy atom. The van der Waals surface area contributed by atoms with Gasteiger partial charge in [-0.15, -0.1) is 0 Å². The Balaban J connectivity index is 1.87. The fourth-order valence-corrected chi connectivity index (χ4v) is 1.83. The van der Waals surface area contributed by atoms with E-state index in [1.165, 1.54) is 0 Å². The van der Waals surface area contributed by atoms with Crippen molar-refractivity contribution in [1.82, 2.24) is 4.90 Å². The van der Waals surface area contributed by atoms with Crippen molar-refractivity contribution in [2.75, 3.05) is 13.2 Å². The molecule has 1 heterocycles. The Morgan fingerprint density at radius 2 is 1.94 bits per heavy atom.